The maximum atomic E-state index is 11.7. The van der Waals surface area contributed by atoms with Crippen molar-refractivity contribution in [3.05, 3.63) is 47.5 Å². The first-order valence-corrected chi connectivity index (χ1v) is 25.1. The zero-order chi connectivity index (χ0) is 34.0. The SMILES string of the molecule is CC(C)(C)[Si](C)(C)Oc1ccc2c(c1)OC(O)C1=C2CC(O[Si](C)(C)C(C)(C)C)COc2cc(O[Si](C)(C)C(C)(C)C)ccc21. The second-order valence-corrected chi connectivity index (χ2v) is 31.6. The Bertz CT molecular complexity index is 1440. The van der Waals surface area contributed by atoms with Crippen LogP contribution in [0.15, 0.2) is 36.4 Å². The van der Waals surface area contributed by atoms with Crippen LogP contribution in [0, 0.1) is 0 Å². The molecule has 2 aromatic carbocycles. The second-order valence-electron chi connectivity index (χ2n) is 17.4. The van der Waals surface area contributed by atoms with Gasteiger partial charge in [0.25, 0.3) is 0 Å². The van der Waals surface area contributed by atoms with E-state index in [1.807, 2.05) is 30.3 Å². The van der Waals surface area contributed by atoms with Crippen molar-refractivity contribution in [3.63, 3.8) is 0 Å². The predicted molar refractivity (Wildman–Crippen MR) is 194 cm³/mol. The van der Waals surface area contributed by atoms with Crippen LogP contribution in [0.2, 0.25) is 54.4 Å². The molecule has 1 N–H and O–H groups in total. The fourth-order valence-electron chi connectivity index (χ4n) is 4.84. The van der Waals surface area contributed by atoms with Gasteiger partial charge in [-0.2, -0.15) is 0 Å². The van der Waals surface area contributed by atoms with E-state index in [1.165, 1.54) is 0 Å². The highest BCUT2D eigenvalue weighted by Gasteiger charge is 2.43. The summed E-state index contributed by atoms with van der Waals surface area (Å²) in [5.41, 5.74) is 3.51. The Labute approximate surface area is 275 Å². The fourth-order valence-corrected chi connectivity index (χ4v) is 8.23. The summed E-state index contributed by atoms with van der Waals surface area (Å²) in [5, 5.41) is 11.8. The highest BCUT2D eigenvalue weighted by Crippen LogP contribution is 2.49. The molecule has 0 aromatic heterocycles. The largest absolute Gasteiger partial charge is 0.543 e. The van der Waals surface area contributed by atoms with Crippen molar-refractivity contribution in [2.24, 2.45) is 0 Å². The third-order valence-electron chi connectivity index (χ3n) is 10.8. The quantitative estimate of drug-likeness (QED) is 0.309. The van der Waals surface area contributed by atoms with Gasteiger partial charge in [0.2, 0.25) is 22.9 Å². The monoisotopic (exact) mass is 670 g/mol. The number of benzene rings is 2. The molecule has 0 saturated carbocycles. The van der Waals surface area contributed by atoms with Gasteiger partial charge in [0, 0.05) is 35.3 Å². The zero-order valence-electron chi connectivity index (χ0n) is 30.5. The Kier molecular flexibility index (Phi) is 9.45. The summed E-state index contributed by atoms with van der Waals surface area (Å²) in [4.78, 5) is 0. The summed E-state index contributed by atoms with van der Waals surface area (Å²) in [6.07, 6.45) is -0.772. The molecule has 0 saturated heterocycles. The van der Waals surface area contributed by atoms with Gasteiger partial charge in [0.1, 0.15) is 29.6 Å². The van der Waals surface area contributed by atoms with E-state index in [-0.39, 0.29) is 21.2 Å². The summed E-state index contributed by atoms with van der Waals surface area (Å²) < 4.78 is 33.1. The number of fused-ring (bicyclic) bond motifs is 4. The van der Waals surface area contributed by atoms with Crippen molar-refractivity contribution in [3.8, 4) is 23.0 Å². The molecule has 2 heterocycles. The highest BCUT2D eigenvalue weighted by atomic mass is 28.4. The minimum absolute atomic E-state index is 0.0394. The second kappa shape index (κ2) is 11.9. The molecule has 4 rings (SSSR count). The van der Waals surface area contributed by atoms with Crippen LogP contribution < -0.4 is 18.3 Å². The van der Waals surface area contributed by atoms with Gasteiger partial charge in [0.15, 0.2) is 8.32 Å². The zero-order valence-corrected chi connectivity index (χ0v) is 33.5. The summed E-state index contributed by atoms with van der Waals surface area (Å²) >= 11 is 0. The topological polar surface area (TPSA) is 66.4 Å². The lowest BCUT2D eigenvalue weighted by molar-refractivity contribution is 0.0299. The van der Waals surface area contributed by atoms with Crippen molar-refractivity contribution in [1.82, 2.24) is 0 Å². The molecule has 0 aliphatic carbocycles. The van der Waals surface area contributed by atoms with E-state index in [0.29, 0.717) is 24.5 Å². The van der Waals surface area contributed by atoms with Crippen LogP contribution in [0.1, 0.15) is 79.9 Å². The van der Waals surface area contributed by atoms with Crippen molar-refractivity contribution in [1.29, 1.82) is 0 Å². The van der Waals surface area contributed by atoms with E-state index < -0.39 is 31.2 Å². The van der Waals surface area contributed by atoms with Crippen LogP contribution >= 0.6 is 0 Å². The van der Waals surface area contributed by atoms with Crippen molar-refractivity contribution in [2.75, 3.05) is 6.61 Å². The van der Waals surface area contributed by atoms with Crippen molar-refractivity contribution >= 4 is 36.1 Å². The van der Waals surface area contributed by atoms with Gasteiger partial charge in [-0.1, -0.05) is 62.3 Å². The van der Waals surface area contributed by atoms with Gasteiger partial charge in [-0.3, -0.25) is 0 Å². The lowest BCUT2D eigenvalue weighted by Gasteiger charge is -2.41. The van der Waals surface area contributed by atoms with Crippen LogP contribution in [-0.4, -0.2) is 49.1 Å². The van der Waals surface area contributed by atoms with Crippen molar-refractivity contribution in [2.45, 2.75) is 136 Å². The molecule has 250 valence electrons. The van der Waals surface area contributed by atoms with Crippen LogP contribution in [0.25, 0.3) is 11.1 Å². The highest BCUT2D eigenvalue weighted by molar-refractivity contribution is 6.75. The third kappa shape index (κ3) is 7.43. The molecule has 2 atom stereocenters. The van der Waals surface area contributed by atoms with E-state index >= 15 is 0 Å². The summed E-state index contributed by atoms with van der Waals surface area (Å²) in [6.45, 7) is 34.1. The fraction of sp³-hybridized carbons (Fsp3) is 0.611. The molecule has 0 amide bonds. The van der Waals surface area contributed by atoms with Gasteiger partial charge in [-0.15, -0.1) is 0 Å². The lowest BCUT2D eigenvalue weighted by Crippen LogP contribution is -2.46. The number of aliphatic hydroxyl groups is 1. The van der Waals surface area contributed by atoms with Gasteiger partial charge in [-0.25, -0.2) is 0 Å². The molecule has 9 heteroatoms. The molecule has 0 radical (unpaired) electrons. The normalized spacial score (nSPS) is 19.7. The van der Waals surface area contributed by atoms with E-state index in [2.05, 4.69) is 108 Å². The predicted octanol–water partition coefficient (Wildman–Crippen LogP) is 10.2. The standard InChI is InChI=1S/C36H58O6Si3/c1-34(2,3)43(10,11)40-24-17-19-28-30(21-24)38-23-26(42-45(14,15)36(7,8)9)20-29-27-18-16-25(41-44(12,13)35(4,5)6)22-31(27)39-33(37)32(28)29/h16-19,21-22,26,33,37H,20,23H2,1-15H3. The molecule has 0 bridgehead atoms. The molecule has 6 nitrogen and oxygen atoms in total. The third-order valence-corrected chi connectivity index (χ3v) is 24.1. The maximum Gasteiger partial charge on any atom is 0.250 e. The van der Waals surface area contributed by atoms with Gasteiger partial charge in [-0.05, 0) is 84.2 Å². The van der Waals surface area contributed by atoms with Crippen molar-refractivity contribution < 1.29 is 27.9 Å². The summed E-state index contributed by atoms with van der Waals surface area (Å²) in [7, 11) is -6.28. The minimum atomic E-state index is -2.14. The van der Waals surface area contributed by atoms with Gasteiger partial charge in [0.05, 0.1) is 6.10 Å². The van der Waals surface area contributed by atoms with E-state index in [1.54, 1.807) is 0 Å². The van der Waals surface area contributed by atoms with Crippen LogP contribution in [0.3, 0.4) is 0 Å². The molecule has 0 spiro atoms. The van der Waals surface area contributed by atoms with Crippen LogP contribution in [0.5, 0.6) is 23.0 Å². The molecule has 45 heavy (non-hydrogen) atoms. The Morgan fingerprint density at radius 2 is 1.13 bits per heavy atom. The number of hydrogen-bond acceptors (Lipinski definition) is 6. The van der Waals surface area contributed by atoms with E-state index in [4.69, 9.17) is 22.8 Å². The maximum absolute atomic E-state index is 11.7. The van der Waals surface area contributed by atoms with Crippen LogP contribution in [0.4, 0.5) is 0 Å². The Morgan fingerprint density at radius 3 is 1.62 bits per heavy atom. The minimum Gasteiger partial charge on any atom is -0.543 e. The first kappa shape index (κ1) is 35.8. The molecule has 2 aliphatic heterocycles. The average Bonchev–Trinajstić information content (AvgIpc) is 2.84. The summed E-state index contributed by atoms with van der Waals surface area (Å²) in [5.74, 6) is 2.85. The van der Waals surface area contributed by atoms with E-state index in [9.17, 15) is 5.11 Å². The average molecular weight is 671 g/mol. The molecule has 0 fully saturated rings. The molecular weight excluding hydrogens is 613 g/mol. The Hall–Kier alpha value is -2.05. The first-order chi connectivity index (χ1) is 20.3. The Balaban J connectivity index is 1.84. The molecular formula is C36H58O6Si3. The smallest absolute Gasteiger partial charge is 0.250 e. The molecule has 2 aromatic rings. The number of hydrogen-bond donors (Lipinski definition) is 1. The first-order valence-electron chi connectivity index (χ1n) is 16.4. The number of aliphatic hydroxyl groups excluding tert-OH is 1. The van der Waals surface area contributed by atoms with Gasteiger partial charge < -0.3 is 27.9 Å². The van der Waals surface area contributed by atoms with Crippen LogP contribution in [-0.2, 0) is 4.43 Å². The van der Waals surface area contributed by atoms with E-state index in [0.717, 1.165) is 33.8 Å². The molecule has 2 aliphatic rings. The lowest BCUT2D eigenvalue weighted by atomic mass is 9.87. The van der Waals surface area contributed by atoms with Gasteiger partial charge >= 0.3 is 0 Å². The number of rotatable bonds is 6. The number of ether oxygens (including phenoxy) is 2. The Morgan fingerprint density at radius 1 is 0.667 bits per heavy atom. The molecule has 2 unspecified atom stereocenters. The summed E-state index contributed by atoms with van der Waals surface area (Å²) in [6, 6.07) is 12.1.